The maximum atomic E-state index is 13.2. The number of hydrogen-bond acceptors (Lipinski definition) is 4. The third-order valence-corrected chi connectivity index (χ3v) is 5.65. The number of nitrogens with zero attached hydrogens (tertiary/aromatic N) is 3. The van der Waals surface area contributed by atoms with Crippen LogP contribution in [0.5, 0.6) is 0 Å². The SMILES string of the molecule is COCCN(CC(=O)Nc1cc(C(C)(C)C)nn1-c1ccccc1C)C(=O)c1ccccc1C. The Bertz CT molecular complexity index is 1160. The number of aryl methyl sites for hydroxylation is 2. The number of methoxy groups -OCH3 is 1. The Hall–Kier alpha value is -3.45. The van der Waals surface area contributed by atoms with E-state index in [1.165, 1.54) is 4.90 Å². The molecule has 3 rings (SSSR count). The van der Waals surface area contributed by atoms with E-state index in [4.69, 9.17) is 9.84 Å². The van der Waals surface area contributed by atoms with Crippen LogP contribution in [0.3, 0.4) is 0 Å². The normalized spacial score (nSPS) is 11.4. The van der Waals surface area contributed by atoms with Crippen molar-refractivity contribution >= 4 is 17.6 Å². The van der Waals surface area contributed by atoms with E-state index in [2.05, 4.69) is 26.1 Å². The average Bonchev–Trinajstić information content (AvgIpc) is 3.20. The molecule has 0 bridgehead atoms. The lowest BCUT2D eigenvalue weighted by molar-refractivity contribution is -0.117. The summed E-state index contributed by atoms with van der Waals surface area (Å²) in [5, 5.41) is 7.77. The monoisotopic (exact) mass is 462 g/mol. The lowest BCUT2D eigenvalue weighted by Crippen LogP contribution is -2.40. The molecule has 1 heterocycles. The molecule has 0 radical (unpaired) electrons. The number of amides is 2. The molecule has 7 nitrogen and oxygen atoms in total. The van der Waals surface area contributed by atoms with Gasteiger partial charge in [-0.15, -0.1) is 0 Å². The van der Waals surface area contributed by atoms with E-state index in [1.807, 2.05) is 62.4 Å². The second kappa shape index (κ2) is 10.7. The van der Waals surface area contributed by atoms with Gasteiger partial charge >= 0.3 is 0 Å². The van der Waals surface area contributed by atoms with Gasteiger partial charge in [0.2, 0.25) is 5.91 Å². The summed E-state index contributed by atoms with van der Waals surface area (Å²) < 4.78 is 6.94. The van der Waals surface area contributed by atoms with Gasteiger partial charge in [0.15, 0.2) is 0 Å². The Balaban J connectivity index is 1.88. The molecule has 7 heteroatoms. The Labute approximate surface area is 201 Å². The number of benzene rings is 2. The standard InChI is InChI=1S/C27H34N4O3/c1-19-11-7-9-13-21(19)26(33)30(15-16-34-6)18-25(32)28-24-17-23(27(3,4)5)29-31(24)22-14-10-8-12-20(22)2/h7-14,17H,15-16,18H2,1-6H3,(H,28,32). The first-order valence-electron chi connectivity index (χ1n) is 11.4. The highest BCUT2D eigenvalue weighted by atomic mass is 16.5. The highest BCUT2D eigenvalue weighted by Crippen LogP contribution is 2.27. The van der Waals surface area contributed by atoms with Crippen molar-refractivity contribution in [3.05, 3.63) is 77.0 Å². The summed E-state index contributed by atoms with van der Waals surface area (Å²) in [7, 11) is 1.57. The van der Waals surface area contributed by atoms with Crippen molar-refractivity contribution < 1.29 is 14.3 Å². The van der Waals surface area contributed by atoms with Crippen LogP contribution in [-0.2, 0) is 14.9 Å². The topological polar surface area (TPSA) is 76.5 Å². The molecule has 0 fully saturated rings. The number of rotatable bonds is 8. The molecule has 180 valence electrons. The van der Waals surface area contributed by atoms with Crippen LogP contribution in [-0.4, -0.2) is 53.3 Å². The Morgan fingerprint density at radius 1 is 1.03 bits per heavy atom. The zero-order valence-corrected chi connectivity index (χ0v) is 20.9. The Kier molecular flexibility index (Phi) is 7.89. The van der Waals surface area contributed by atoms with Crippen LogP contribution in [0.1, 0.15) is 48.0 Å². The van der Waals surface area contributed by atoms with Crippen LogP contribution < -0.4 is 5.32 Å². The predicted molar refractivity (Wildman–Crippen MR) is 135 cm³/mol. The fourth-order valence-corrected chi connectivity index (χ4v) is 3.61. The molecule has 0 atom stereocenters. The fourth-order valence-electron chi connectivity index (χ4n) is 3.61. The Morgan fingerprint density at radius 3 is 2.29 bits per heavy atom. The van der Waals surface area contributed by atoms with E-state index in [9.17, 15) is 9.59 Å². The number of hydrogen-bond donors (Lipinski definition) is 1. The molecule has 1 N–H and O–H groups in total. The smallest absolute Gasteiger partial charge is 0.254 e. The van der Waals surface area contributed by atoms with Gasteiger partial charge < -0.3 is 15.0 Å². The van der Waals surface area contributed by atoms with E-state index < -0.39 is 0 Å². The zero-order chi connectivity index (χ0) is 24.9. The molecule has 0 spiro atoms. The van der Waals surface area contributed by atoms with Crippen LogP contribution in [0, 0.1) is 13.8 Å². The largest absolute Gasteiger partial charge is 0.383 e. The molecule has 2 aromatic carbocycles. The number of aromatic nitrogens is 2. The number of para-hydroxylation sites is 1. The predicted octanol–water partition coefficient (Wildman–Crippen LogP) is 4.51. The van der Waals surface area contributed by atoms with Crippen molar-refractivity contribution in [1.82, 2.24) is 14.7 Å². The Morgan fingerprint density at radius 2 is 1.68 bits per heavy atom. The first-order chi connectivity index (χ1) is 16.1. The van der Waals surface area contributed by atoms with Gasteiger partial charge in [0.1, 0.15) is 12.4 Å². The number of ether oxygens (including phenoxy) is 1. The number of carbonyl (C=O) groups excluding carboxylic acids is 2. The lowest BCUT2D eigenvalue weighted by Gasteiger charge is -2.23. The molecule has 1 aromatic heterocycles. The van der Waals surface area contributed by atoms with E-state index in [1.54, 1.807) is 17.9 Å². The summed E-state index contributed by atoms with van der Waals surface area (Å²) >= 11 is 0. The van der Waals surface area contributed by atoms with Gasteiger partial charge in [0, 0.05) is 30.7 Å². The van der Waals surface area contributed by atoms with E-state index in [0.29, 0.717) is 24.5 Å². The van der Waals surface area contributed by atoms with Crippen molar-refractivity contribution in [2.24, 2.45) is 0 Å². The van der Waals surface area contributed by atoms with E-state index in [0.717, 1.165) is 22.5 Å². The molecule has 2 amide bonds. The van der Waals surface area contributed by atoms with Crippen LogP contribution in [0.25, 0.3) is 5.69 Å². The van der Waals surface area contributed by atoms with Gasteiger partial charge in [-0.25, -0.2) is 4.68 Å². The van der Waals surface area contributed by atoms with Crippen LogP contribution >= 0.6 is 0 Å². The lowest BCUT2D eigenvalue weighted by atomic mass is 9.92. The summed E-state index contributed by atoms with van der Waals surface area (Å²) in [6, 6.07) is 17.2. The minimum Gasteiger partial charge on any atom is -0.383 e. The minimum atomic E-state index is -0.298. The third-order valence-electron chi connectivity index (χ3n) is 5.65. The molecule has 0 aliphatic carbocycles. The van der Waals surface area contributed by atoms with Gasteiger partial charge in [0.25, 0.3) is 5.91 Å². The maximum Gasteiger partial charge on any atom is 0.254 e. The molecular weight excluding hydrogens is 428 g/mol. The highest BCUT2D eigenvalue weighted by Gasteiger charge is 2.24. The van der Waals surface area contributed by atoms with Gasteiger partial charge in [0.05, 0.1) is 18.0 Å². The van der Waals surface area contributed by atoms with Gasteiger partial charge in [-0.3, -0.25) is 9.59 Å². The summed E-state index contributed by atoms with van der Waals surface area (Å²) in [5.74, 6) is 0.0700. The van der Waals surface area contributed by atoms with Gasteiger partial charge in [-0.2, -0.15) is 5.10 Å². The number of carbonyl (C=O) groups is 2. The summed E-state index contributed by atoms with van der Waals surface area (Å²) in [4.78, 5) is 27.9. The first kappa shape index (κ1) is 25.2. The van der Waals surface area contributed by atoms with Gasteiger partial charge in [-0.05, 0) is 37.1 Å². The molecular formula is C27H34N4O3. The summed E-state index contributed by atoms with van der Waals surface area (Å²) in [5.41, 5.74) is 4.03. The first-order valence-corrected chi connectivity index (χ1v) is 11.4. The van der Waals surface area contributed by atoms with Crippen LogP contribution in [0.2, 0.25) is 0 Å². The van der Waals surface area contributed by atoms with Crippen molar-refractivity contribution in [3.63, 3.8) is 0 Å². The summed E-state index contributed by atoms with van der Waals surface area (Å²) in [6.45, 7) is 10.7. The number of anilines is 1. The van der Waals surface area contributed by atoms with Crippen molar-refractivity contribution in [2.45, 2.75) is 40.0 Å². The molecule has 0 unspecified atom stereocenters. The molecule has 0 saturated carbocycles. The van der Waals surface area contributed by atoms with Gasteiger partial charge in [-0.1, -0.05) is 57.2 Å². The fraction of sp³-hybridized carbons (Fsp3) is 0.370. The maximum absolute atomic E-state index is 13.2. The van der Waals surface area contributed by atoms with Crippen molar-refractivity contribution in [2.75, 3.05) is 32.1 Å². The molecule has 0 aliphatic heterocycles. The van der Waals surface area contributed by atoms with Crippen molar-refractivity contribution in [1.29, 1.82) is 0 Å². The summed E-state index contributed by atoms with van der Waals surface area (Å²) in [6.07, 6.45) is 0. The third kappa shape index (κ3) is 5.91. The quantitative estimate of drug-likeness (QED) is 0.534. The zero-order valence-electron chi connectivity index (χ0n) is 20.9. The van der Waals surface area contributed by atoms with Crippen LogP contribution in [0.4, 0.5) is 5.82 Å². The van der Waals surface area contributed by atoms with E-state index in [-0.39, 0.29) is 23.8 Å². The second-order valence-electron chi connectivity index (χ2n) is 9.45. The molecule has 0 aliphatic rings. The van der Waals surface area contributed by atoms with Crippen molar-refractivity contribution in [3.8, 4) is 5.69 Å². The van der Waals surface area contributed by atoms with E-state index >= 15 is 0 Å². The second-order valence-corrected chi connectivity index (χ2v) is 9.45. The molecule has 34 heavy (non-hydrogen) atoms. The average molecular weight is 463 g/mol. The molecule has 0 saturated heterocycles. The number of nitrogens with one attached hydrogen (secondary N) is 1. The molecule has 3 aromatic rings. The highest BCUT2D eigenvalue weighted by molar-refractivity contribution is 6.00. The van der Waals surface area contributed by atoms with Crippen LogP contribution in [0.15, 0.2) is 54.6 Å². The minimum absolute atomic E-state index is 0.0969.